The average molecular weight is 675 g/mol. The van der Waals surface area contributed by atoms with Crippen LogP contribution in [0.1, 0.15) is 168 Å². The first-order chi connectivity index (χ1) is 22.0. The number of hydrogen-bond acceptors (Lipinski definition) is 6. The third-order valence-electron chi connectivity index (χ3n) is 8.50. The molecular formula is C37H75N2O6P. The second-order valence-corrected chi connectivity index (χ2v) is 15.7. The van der Waals surface area contributed by atoms with Crippen molar-refractivity contribution in [3.05, 3.63) is 12.2 Å². The SMILES string of the molecule is CCCCCCCCCCCCCCCC/C=C/[C@@H](O)[C@H](COP(=O)([O-])OCC[N+](C)(C)C)NC(=O)CCCCCCCCCC. The van der Waals surface area contributed by atoms with E-state index in [1.54, 1.807) is 6.08 Å². The lowest BCUT2D eigenvalue weighted by Gasteiger charge is -2.29. The van der Waals surface area contributed by atoms with Crippen molar-refractivity contribution in [2.24, 2.45) is 0 Å². The number of hydrogen-bond donors (Lipinski definition) is 2. The summed E-state index contributed by atoms with van der Waals surface area (Å²) in [5, 5.41) is 13.7. The number of amides is 1. The van der Waals surface area contributed by atoms with Gasteiger partial charge in [0.15, 0.2) is 0 Å². The van der Waals surface area contributed by atoms with E-state index in [1.807, 2.05) is 27.2 Å². The normalized spacial score (nSPS) is 14.8. The Kier molecular flexibility index (Phi) is 29.8. The molecule has 0 aromatic heterocycles. The molecule has 0 bridgehead atoms. The number of carbonyl (C=O) groups is 1. The first kappa shape index (κ1) is 45.2. The lowest BCUT2D eigenvalue weighted by molar-refractivity contribution is -0.870. The zero-order valence-corrected chi connectivity index (χ0v) is 31.7. The fourth-order valence-corrected chi connectivity index (χ4v) is 6.11. The molecule has 274 valence electrons. The standard InChI is InChI=1S/C37H75N2O6P/c1-6-8-10-12-14-16-17-18-19-20-21-22-23-24-26-28-30-36(40)35(34-45-46(42,43)44-33-32-39(3,4)5)38-37(41)31-29-27-25-15-13-11-9-7-2/h28,30,35-36,40H,6-27,29,31-34H2,1-5H3,(H-,38,41,42,43)/b30-28+/t35-,36+/m0/s1. The number of allylic oxidation sites excluding steroid dienone is 1. The summed E-state index contributed by atoms with van der Waals surface area (Å²) in [5.41, 5.74) is 0. The highest BCUT2D eigenvalue weighted by molar-refractivity contribution is 7.45. The van der Waals surface area contributed by atoms with Gasteiger partial charge >= 0.3 is 0 Å². The molecule has 3 atom stereocenters. The van der Waals surface area contributed by atoms with Gasteiger partial charge in [0.25, 0.3) is 7.82 Å². The van der Waals surface area contributed by atoms with Gasteiger partial charge in [-0.1, -0.05) is 154 Å². The fourth-order valence-electron chi connectivity index (χ4n) is 5.39. The van der Waals surface area contributed by atoms with Gasteiger partial charge in [0.1, 0.15) is 13.2 Å². The van der Waals surface area contributed by atoms with Crippen molar-refractivity contribution in [3.8, 4) is 0 Å². The number of aliphatic hydroxyl groups is 1. The monoisotopic (exact) mass is 675 g/mol. The summed E-state index contributed by atoms with van der Waals surface area (Å²) < 4.78 is 23.0. The molecule has 0 radical (unpaired) electrons. The second kappa shape index (κ2) is 30.3. The Balaban J connectivity index is 4.47. The molecule has 0 heterocycles. The van der Waals surface area contributed by atoms with Crippen molar-refractivity contribution in [1.82, 2.24) is 5.32 Å². The van der Waals surface area contributed by atoms with E-state index in [0.29, 0.717) is 17.4 Å². The number of nitrogens with zero attached hydrogens (tertiary/aromatic N) is 1. The molecule has 0 aromatic carbocycles. The molecular weight excluding hydrogens is 599 g/mol. The molecule has 1 unspecified atom stereocenters. The number of nitrogens with one attached hydrogen (secondary N) is 1. The van der Waals surface area contributed by atoms with Gasteiger partial charge in [-0.25, -0.2) is 0 Å². The zero-order chi connectivity index (χ0) is 34.4. The maximum Gasteiger partial charge on any atom is 0.268 e. The Bertz CT molecular complexity index is 773. The second-order valence-electron chi connectivity index (χ2n) is 14.3. The van der Waals surface area contributed by atoms with Crippen molar-refractivity contribution in [2.45, 2.75) is 180 Å². The Morgan fingerprint density at radius 2 is 1.17 bits per heavy atom. The molecule has 46 heavy (non-hydrogen) atoms. The predicted molar refractivity (Wildman–Crippen MR) is 192 cm³/mol. The summed E-state index contributed by atoms with van der Waals surface area (Å²) >= 11 is 0. The molecule has 8 nitrogen and oxygen atoms in total. The van der Waals surface area contributed by atoms with Gasteiger partial charge < -0.3 is 28.8 Å². The van der Waals surface area contributed by atoms with Crippen LogP contribution in [0.15, 0.2) is 12.2 Å². The van der Waals surface area contributed by atoms with E-state index < -0.39 is 20.0 Å². The van der Waals surface area contributed by atoms with Crippen molar-refractivity contribution in [1.29, 1.82) is 0 Å². The van der Waals surface area contributed by atoms with Crippen LogP contribution >= 0.6 is 7.82 Å². The van der Waals surface area contributed by atoms with E-state index in [1.165, 1.54) is 109 Å². The number of phosphoric acid groups is 1. The van der Waals surface area contributed by atoms with Gasteiger partial charge in [-0.2, -0.15) is 0 Å². The summed E-state index contributed by atoms with van der Waals surface area (Å²) in [6.45, 7) is 4.60. The number of likely N-dealkylation sites (N-methyl/N-ethyl adjacent to an activating group) is 1. The van der Waals surface area contributed by atoms with Crippen molar-refractivity contribution < 1.29 is 32.9 Å². The Morgan fingerprint density at radius 3 is 1.63 bits per heavy atom. The van der Waals surface area contributed by atoms with E-state index in [0.717, 1.165) is 38.5 Å². The molecule has 0 aromatic rings. The minimum absolute atomic E-state index is 0.00139. The van der Waals surface area contributed by atoms with Crippen LogP contribution in [-0.4, -0.2) is 68.5 Å². The summed E-state index contributed by atoms with van der Waals surface area (Å²) in [7, 11) is 1.26. The van der Waals surface area contributed by atoms with E-state index >= 15 is 0 Å². The quantitative estimate of drug-likeness (QED) is 0.0305. The number of aliphatic hydroxyl groups excluding tert-OH is 1. The van der Waals surface area contributed by atoms with E-state index in [4.69, 9.17) is 9.05 Å². The molecule has 1 amide bonds. The number of unbranched alkanes of at least 4 members (excludes halogenated alkanes) is 21. The molecule has 0 aliphatic rings. The lowest BCUT2D eigenvalue weighted by Crippen LogP contribution is -2.45. The van der Waals surface area contributed by atoms with Crippen LogP contribution in [0.5, 0.6) is 0 Å². The topological polar surface area (TPSA) is 108 Å². The van der Waals surface area contributed by atoms with Gasteiger partial charge in [0.2, 0.25) is 5.91 Å². The van der Waals surface area contributed by atoms with Crippen LogP contribution in [-0.2, 0) is 18.4 Å². The van der Waals surface area contributed by atoms with E-state index in [2.05, 4.69) is 19.2 Å². The fraction of sp³-hybridized carbons (Fsp3) is 0.919. The van der Waals surface area contributed by atoms with Crippen LogP contribution in [0.25, 0.3) is 0 Å². The summed E-state index contributed by atoms with van der Waals surface area (Å²) in [4.78, 5) is 25.0. The molecule has 0 spiro atoms. The van der Waals surface area contributed by atoms with Gasteiger partial charge in [0.05, 0.1) is 39.9 Å². The average Bonchev–Trinajstić information content (AvgIpc) is 2.99. The first-order valence-electron chi connectivity index (χ1n) is 19.1. The van der Waals surface area contributed by atoms with E-state index in [9.17, 15) is 19.4 Å². The van der Waals surface area contributed by atoms with Crippen LogP contribution in [0.4, 0.5) is 0 Å². The molecule has 0 rings (SSSR count). The minimum Gasteiger partial charge on any atom is -0.756 e. The largest absolute Gasteiger partial charge is 0.756 e. The summed E-state index contributed by atoms with van der Waals surface area (Å²) in [5.74, 6) is -0.203. The van der Waals surface area contributed by atoms with Crippen molar-refractivity contribution >= 4 is 13.7 Å². The number of phosphoric ester groups is 1. The van der Waals surface area contributed by atoms with Crippen molar-refractivity contribution in [3.63, 3.8) is 0 Å². The predicted octanol–water partition coefficient (Wildman–Crippen LogP) is 9.00. The van der Waals surface area contributed by atoms with Gasteiger partial charge in [-0.3, -0.25) is 9.36 Å². The highest BCUT2D eigenvalue weighted by Gasteiger charge is 2.23. The summed E-state index contributed by atoms with van der Waals surface area (Å²) in [6.07, 6.45) is 31.1. The maximum atomic E-state index is 12.7. The molecule has 0 fully saturated rings. The lowest BCUT2D eigenvalue weighted by atomic mass is 10.0. The minimum atomic E-state index is -4.57. The summed E-state index contributed by atoms with van der Waals surface area (Å²) in [6, 6.07) is -0.876. The maximum absolute atomic E-state index is 12.7. The van der Waals surface area contributed by atoms with Crippen LogP contribution in [0.3, 0.4) is 0 Å². The molecule has 9 heteroatoms. The first-order valence-corrected chi connectivity index (χ1v) is 20.5. The van der Waals surface area contributed by atoms with Crippen molar-refractivity contribution in [2.75, 3.05) is 40.9 Å². The third-order valence-corrected chi connectivity index (χ3v) is 9.46. The van der Waals surface area contributed by atoms with Crippen LogP contribution < -0.4 is 10.2 Å². The number of carbonyl (C=O) groups excluding carboxylic acids is 1. The third kappa shape index (κ3) is 31.8. The molecule has 0 saturated carbocycles. The molecule has 0 saturated heterocycles. The molecule has 0 aliphatic carbocycles. The van der Waals surface area contributed by atoms with Crippen LogP contribution in [0, 0.1) is 0 Å². The van der Waals surface area contributed by atoms with E-state index in [-0.39, 0.29) is 19.1 Å². The smallest absolute Gasteiger partial charge is 0.268 e. The Hall–Kier alpha value is -0.760. The highest BCUT2D eigenvalue weighted by atomic mass is 31.2. The Labute approximate surface area is 284 Å². The Morgan fingerprint density at radius 1 is 0.739 bits per heavy atom. The van der Waals surface area contributed by atoms with Crippen LogP contribution in [0.2, 0.25) is 0 Å². The highest BCUT2D eigenvalue weighted by Crippen LogP contribution is 2.38. The number of rotatable bonds is 34. The number of quaternary nitrogens is 1. The zero-order valence-electron chi connectivity index (χ0n) is 30.8. The molecule has 2 N–H and O–H groups in total. The van der Waals surface area contributed by atoms with Gasteiger partial charge in [0, 0.05) is 6.42 Å². The van der Waals surface area contributed by atoms with Gasteiger partial charge in [-0.05, 0) is 19.3 Å². The molecule has 0 aliphatic heterocycles. The van der Waals surface area contributed by atoms with Gasteiger partial charge in [-0.15, -0.1) is 0 Å².